The average molecular weight is 232 g/mol. The second kappa shape index (κ2) is 4.30. The summed E-state index contributed by atoms with van der Waals surface area (Å²) < 4.78 is 5.53. The number of nitrogens with zero attached hydrogens (tertiary/aromatic N) is 1. The maximum Gasteiger partial charge on any atom is 0.240 e. The summed E-state index contributed by atoms with van der Waals surface area (Å²) in [5, 5.41) is -0.416. The van der Waals surface area contributed by atoms with E-state index in [2.05, 4.69) is 0 Å². The van der Waals surface area contributed by atoms with E-state index in [0.717, 1.165) is 12.8 Å². The van der Waals surface area contributed by atoms with Crippen molar-refractivity contribution in [1.29, 1.82) is 0 Å². The fourth-order valence-electron chi connectivity index (χ4n) is 2.74. The predicted molar refractivity (Wildman–Crippen MR) is 59.0 cm³/mol. The first-order chi connectivity index (χ1) is 7.16. The normalized spacial score (nSPS) is 26.9. The first-order valence-electron chi connectivity index (χ1n) is 5.69. The Morgan fingerprint density at radius 1 is 1.47 bits per heavy atom. The van der Waals surface area contributed by atoms with Crippen molar-refractivity contribution in [2.24, 2.45) is 0 Å². The van der Waals surface area contributed by atoms with Crippen LogP contribution in [-0.4, -0.2) is 41.5 Å². The molecule has 0 aromatic heterocycles. The lowest BCUT2D eigenvalue weighted by Gasteiger charge is -2.45. The summed E-state index contributed by atoms with van der Waals surface area (Å²) in [7, 11) is 0. The second-order valence-corrected chi connectivity index (χ2v) is 5.24. The van der Waals surface area contributed by atoms with Crippen LogP contribution in [0.3, 0.4) is 0 Å². The summed E-state index contributed by atoms with van der Waals surface area (Å²) in [5.74, 6) is 0.0712. The first-order valence-corrected chi connectivity index (χ1v) is 6.13. The van der Waals surface area contributed by atoms with Crippen molar-refractivity contribution in [1.82, 2.24) is 4.90 Å². The lowest BCUT2D eigenvalue weighted by atomic mass is 9.94. The smallest absolute Gasteiger partial charge is 0.240 e. The predicted octanol–water partition coefficient (Wildman–Crippen LogP) is 1.79. The van der Waals surface area contributed by atoms with E-state index in [4.69, 9.17) is 16.3 Å². The van der Waals surface area contributed by atoms with Gasteiger partial charge in [0, 0.05) is 6.54 Å². The molecule has 0 radical (unpaired) electrons. The van der Waals surface area contributed by atoms with E-state index in [0.29, 0.717) is 19.8 Å². The van der Waals surface area contributed by atoms with E-state index in [1.807, 2.05) is 4.90 Å². The number of ether oxygens (including phenoxy) is 1. The van der Waals surface area contributed by atoms with Gasteiger partial charge in [0.15, 0.2) is 0 Å². The molecule has 0 aromatic rings. The average Bonchev–Trinajstić information content (AvgIpc) is 2.67. The molecule has 2 rings (SSSR count). The van der Waals surface area contributed by atoms with Crippen LogP contribution in [0.2, 0.25) is 0 Å². The van der Waals surface area contributed by atoms with E-state index >= 15 is 0 Å². The molecule has 2 fully saturated rings. The van der Waals surface area contributed by atoms with Gasteiger partial charge in [-0.25, -0.2) is 0 Å². The molecular weight excluding hydrogens is 214 g/mol. The third kappa shape index (κ3) is 2.00. The molecule has 2 aliphatic rings. The number of carbonyl (C=O) groups is 1. The number of hydrogen-bond donors (Lipinski definition) is 0. The van der Waals surface area contributed by atoms with E-state index < -0.39 is 5.38 Å². The number of morpholine rings is 1. The van der Waals surface area contributed by atoms with E-state index in [-0.39, 0.29) is 11.4 Å². The monoisotopic (exact) mass is 231 g/mol. The Bertz CT molecular complexity index is 249. The number of alkyl halides is 1. The van der Waals surface area contributed by atoms with Gasteiger partial charge < -0.3 is 9.64 Å². The molecule has 1 aliphatic carbocycles. The number of amides is 1. The molecule has 4 heteroatoms. The van der Waals surface area contributed by atoms with Crippen LogP contribution >= 0.6 is 11.6 Å². The van der Waals surface area contributed by atoms with Gasteiger partial charge in [-0.3, -0.25) is 4.79 Å². The topological polar surface area (TPSA) is 29.5 Å². The molecule has 86 valence electrons. The Morgan fingerprint density at radius 2 is 2.13 bits per heavy atom. The first kappa shape index (κ1) is 11.2. The van der Waals surface area contributed by atoms with Gasteiger partial charge in [0.05, 0.1) is 18.8 Å². The molecule has 3 nitrogen and oxygen atoms in total. The van der Waals surface area contributed by atoms with Crippen LogP contribution in [0.4, 0.5) is 0 Å². The van der Waals surface area contributed by atoms with E-state index in [1.54, 1.807) is 6.92 Å². The van der Waals surface area contributed by atoms with Gasteiger partial charge in [-0.15, -0.1) is 11.6 Å². The highest BCUT2D eigenvalue weighted by molar-refractivity contribution is 6.30. The zero-order valence-corrected chi connectivity index (χ0v) is 9.92. The highest BCUT2D eigenvalue weighted by Crippen LogP contribution is 2.37. The van der Waals surface area contributed by atoms with Crippen LogP contribution in [0.25, 0.3) is 0 Å². The fraction of sp³-hybridized carbons (Fsp3) is 0.909. The van der Waals surface area contributed by atoms with Crippen LogP contribution in [0.1, 0.15) is 32.6 Å². The molecule has 1 amide bonds. The van der Waals surface area contributed by atoms with Crippen molar-refractivity contribution in [3.8, 4) is 0 Å². The molecule has 1 unspecified atom stereocenters. The number of carbonyl (C=O) groups excluding carboxylic acids is 1. The zero-order valence-electron chi connectivity index (χ0n) is 9.17. The van der Waals surface area contributed by atoms with E-state index in [1.165, 1.54) is 12.8 Å². The van der Waals surface area contributed by atoms with Crippen molar-refractivity contribution >= 4 is 17.5 Å². The zero-order chi connectivity index (χ0) is 10.9. The molecule has 0 aromatic carbocycles. The summed E-state index contributed by atoms with van der Waals surface area (Å²) >= 11 is 5.89. The fourth-order valence-corrected chi connectivity index (χ4v) is 2.86. The second-order valence-electron chi connectivity index (χ2n) is 4.59. The van der Waals surface area contributed by atoms with Gasteiger partial charge in [-0.1, -0.05) is 12.8 Å². The Balaban J connectivity index is 2.15. The molecule has 15 heavy (non-hydrogen) atoms. The van der Waals surface area contributed by atoms with E-state index in [9.17, 15) is 4.79 Å². The Hall–Kier alpha value is -0.280. The molecule has 0 N–H and O–H groups in total. The number of halogens is 1. The molecule has 1 aliphatic heterocycles. The minimum atomic E-state index is -0.416. The van der Waals surface area contributed by atoms with Gasteiger partial charge in [-0.05, 0) is 19.8 Å². The summed E-state index contributed by atoms with van der Waals surface area (Å²) in [4.78, 5) is 14.0. The largest absolute Gasteiger partial charge is 0.377 e. The lowest BCUT2D eigenvalue weighted by molar-refractivity contribution is -0.148. The standard InChI is InChI=1S/C11H18ClNO2/c1-9(12)10(14)13-6-7-15-8-11(13)4-2-3-5-11/h9H,2-8H2,1H3. The SMILES string of the molecule is CC(Cl)C(=O)N1CCOCC12CCCC2. The Labute approximate surface area is 95.7 Å². The van der Waals surface area contributed by atoms with Gasteiger partial charge in [-0.2, -0.15) is 0 Å². The third-order valence-corrected chi connectivity index (χ3v) is 3.73. The summed E-state index contributed by atoms with van der Waals surface area (Å²) in [6.07, 6.45) is 4.54. The van der Waals surface area contributed by atoms with Gasteiger partial charge >= 0.3 is 0 Å². The summed E-state index contributed by atoms with van der Waals surface area (Å²) in [6, 6.07) is 0. The van der Waals surface area contributed by atoms with Crippen molar-refractivity contribution in [2.75, 3.05) is 19.8 Å². The number of rotatable bonds is 1. The molecular formula is C11H18ClNO2. The molecule has 1 spiro atoms. The van der Waals surface area contributed by atoms with Gasteiger partial charge in [0.25, 0.3) is 0 Å². The minimum Gasteiger partial charge on any atom is -0.377 e. The summed E-state index contributed by atoms with van der Waals surface area (Å²) in [5.41, 5.74) is -0.0293. The molecule has 0 bridgehead atoms. The minimum absolute atomic E-state index is 0.0293. The van der Waals surface area contributed by atoms with Crippen LogP contribution in [0, 0.1) is 0 Å². The lowest BCUT2D eigenvalue weighted by Crippen LogP contribution is -2.59. The van der Waals surface area contributed by atoms with Gasteiger partial charge in [0.1, 0.15) is 5.38 Å². The Morgan fingerprint density at radius 3 is 2.73 bits per heavy atom. The quantitative estimate of drug-likeness (QED) is 0.644. The van der Waals surface area contributed by atoms with Crippen molar-refractivity contribution in [3.63, 3.8) is 0 Å². The van der Waals surface area contributed by atoms with Crippen LogP contribution in [0.5, 0.6) is 0 Å². The highest BCUT2D eigenvalue weighted by Gasteiger charge is 2.44. The molecule has 1 atom stereocenters. The number of hydrogen-bond acceptors (Lipinski definition) is 2. The molecule has 1 heterocycles. The third-order valence-electron chi connectivity index (χ3n) is 3.54. The molecule has 1 saturated heterocycles. The van der Waals surface area contributed by atoms with Crippen LogP contribution in [0.15, 0.2) is 0 Å². The molecule has 1 saturated carbocycles. The maximum atomic E-state index is 12.0. The van der Waals surface area contributed by atoms with Crippen LogP contribution in [-0.2, 0) is 9.53 Å². The maximum absolute atomic E-state index is 12.0. The van der Waals surface area contributed by atoms with Crippen molar-refractivity contribution in [2.45, 2.75) is 43.5 Å². The summed E-state index contributed by atoms with van der Waals surface area (Å²) in [6.45, 7) is 3.80. The van der Waals surface area contributed by atoms with Gasteiger partial charge in [0.2, 0.25) is 5.91 Å². The highest BCUT2D eigenvalue weighted by atomic mass is 35.5. The Kier molecular flexibility index (Phi) is 3.21. The van der Waals surface area contributed by atoms with Crippen molar-refractivity contribution < 1.29 is 9.53 Å². The van der Waals surface area contributed by atoms with Crippen LogP contribution < -0.4 is 0 Å². The van der Waals surface area contributed by atoms with Crippen molar-refractivity contribution in [3.05, 3.63) is 0 Å².